The van der Waals surface area contributed by atoms with Gasteiger partial charge >= 0.3 is 0 Å². The Balaban J connectivity index is 1.89. The molecule has 0 bridgehead atoms. The van der Waals surface area contributed by atoms with Gasteiger partial charge in [-0.15, -0.1) is 0 Å². The van der Waals surface area contributed by atoms with Crippen molar-refractivity contribution < 1.29 is 0 Å². The number of rotatable bonds is 2. The van der Waals surface area contributed by atoms with E-state index in [4.69, 9.17) is 5.73 Å². The highest BCUT2D eigenvalue weighted by molar-refractivity contribution is 7.99. The fourth-order valence-corrected chi connectivity index (χ4v) is 4.43. The highest BCUT2D eigenvalue weighted by atomic mass is 32.2. The summed E-state index contributed by atoms with van der Waals surface area (Å²) in [5, 5.41) is 0. The number of thioether (sulfide) groups is 1. The molecule has 94 valence electrons. The molecule has 0 saturated carbocycles. The Morgan fingerprint density at radius 3 is 2.75 bits per heavy atom. The summed E-state index contributed by atoms with van der Waals surface area (Å²) in [5.74, 6) is 3.39. The lowest BCUT2D eigenvalue weighted by Gasteiger charge is -2.39. The first-order valence-electron chi connectivity index (χ1n) is 6.55. The minimum Gasteiger partial charge on any atom is -0.328 e. The van der Waals surface area contributed by atoms with Crippen LogP contribution in [0.25, 0.3) is 0 Å². The molecule has 2 fully saturated rings. The van der Waals surface area contributed by atoms with Gasteiger partial charge in [0.2, 0.25) is 0 Å². The summed E-state index contributed by atoms with van der Waals surface area (Å²) in [7, 11) is 0. The van der Waals surface area contributed by atoms with Crippen molar-refractivity contribution in [1.29, 1.82) is 0 Å². The van der Waals surface area contributed by atoms with Gasteiger partial charge in [-0.05, 0) is 43.4 Å². The highest BCUT2D eigenvalue weighted by Crippen LogP contribution is 2.37. The van der Waals surface area contributed by atoms with E-state index in [1.54, 1.807) is 0 Å². The lowest BCUT2D eigenvalue weighted by atomic mass is 9.87. The molecule has 0 aromatic rings. The molecule has 2 saturated heterocycles. The molecule has 3 atom stereocenters. The van der Waals surface area contributed by atoms with Crippen molar-refractivity contribution in [2.24, 2.45) is 17.1 Å². The van der Waals surface area contributed by atoms with Gasteiger partial charge < -0.3 is 5.73 Å². The molecule has 16 heavy (non-hydrogen) atoms. The predicted molar refractivity (Wildman–Crippen MR) is 72.8 cm³/mol. The summed E-state index contributed by atoms with van der Waals surface area (Å²) >= 11 is 2.13. The van der Waals surface area contributed by atoms with Crippen LogP contribution in [0.15, 0.2) is 0 Å². The van der Waals surface area contributed by atoms with Crippen LogP contribution in [0.4, 0.5) is 0 Å². The zero-order valence-electron chi connectivity index (χ0n) is 10.9. The molecule has 2 aliphatic rings. The zero-order chi connectivity index (χ0) is 11.8. The minimum absolute atomic E-state index is 0.370. The van der Waals surface area contributed by atoms with E-state index in [1.807, 2.05) is 0 Å². The summed E-state index contributed by atoms with van der Waals surface area (Å²) in [5.41, 5.74) is 6.54. The lowest BCUT2D eigenvalue weighted by Crippen LogP contribution is -2.43. The summed E-state index contributed by atoms with van der Waals surface area (Å²) in [6, 6.07) is 1.17. The Morgan fingerprint density at radius 2 is 2.19 bits per heavy atom. The second-order valence-electron chi connectivity index (χ2n) is 6.44. The Hall–Kier alpha value is 0.270. The number of nitrogens with zero attached hydrogens (tertiary/aromatic N) is 1. The van der Waals surface area contributed by atoms with E-state index in [0.717, 1.165) is 12.0 Å². The molecule has 0 aliphatic carbocycles. The van der Waals surface area contributed by atoms with Crippen LogP contribution in [0, 0.1) is 11.3 Å². The van der Waals surface area contributed by atoms with E-state index in [0.29, 0.717) is 11.5 Å². The van der Waals surface area contributed by atoms with Crippen LogP contribution < -0.4 is 5.73 Å². The maximum atomic E-state index is 6.01. The van der Waals surface area contributed by atoms with Crippen molar-refractivity contribution in [2.45, 2.75) is 45.7 Å². The SMILES string of the molecule is CC(N)C1CCN(C2CSCC(C)(C)C2)C1. The van der Waals surface area contributed by atoms with Gasteiger partial charge in [0.15, 0.2) is 0 Å². The van der Waals surface area contributed by atoms with E-state index >= 15 is 0 Å². The fourth-order valence-electron chi connectivity index (χ4n) is 3.04. The van der Waals surface area contributed by atoms with Crippen LogP contribution in [-0.2, 0) is 0 Å². The number of hydrogen-bond donors (Lipinski definition) is 1. The van der Waals surface area contributed by atoms with E-state index < -0.39 is 0 Å². The predicted octanol–water partition coefficient (Wildman–Crippen LogP) is 2.19. The van der Waals surface area contributed by atoms with Crippen molar-refractivity contribution in [3.63, 3.8) is 0 Å². The maximum Gasteiger partial charge on any atom is 0.0191 e. The van der Waals surface area contributed by atoms with Gasteiger partial charge in [0, 0.05) is 24.4 Å². The van der Waals surface area contributed by atoms with Crippen molar-refractivity contribution in [3.8, 4) is 0 Å². The minimum atomic E-state index is 0.370. The van der Waals surface area contributed by atoms with E-state index in [-0.39, 0.29) is 0 Å². The Kier molecular flexibility index (Phi) is 3.87. The highest BCUT2D eigenvalue weighted by Gasteiger charge is 2.35. The van der Waals surface area contributed by atoms with Crippen LogP contribution in [0.3, 0.4) is 0 Å². The van der Waals surface area contributed by atoms with Crippen molar-refractivity contribution in [2.75, 3.05) is 24.6 Å². The first kappa shape index (κ1) is 12.7. The average molecular weight is 242 g/mol. The van der Waals surface area contributed by atoms with Gasteiger partial charge in [0.1, 0.15) is 0 Å². The Bertz CT molecular complexity index is 240. The van der Waals surface area contributed by atoms with Crippen LogP contribution in [0.1, 0.15) is 33.6 Å². The molecule has 0 aromatic carbocycles. The largest absolute Gasteiger partial charge is 0.328 e. The quantitative estimate of drug-likeness (QED) is 0.805. The van der Waals surface area contributed by atoms with E-state index in [9.17, 15) is 0 Å². The van der Waals surface area contributed by atoms with Gasteiger partial charge in [-0.2, -0.15) is 11.8 Å². The monoisotopic (exact) mass is 242 g/mol. The molecular formula is C13H26N2S. The van der Waals surface area contributed by atoms with Gasteiger partial charge in [0.25, 0.3) is 0 Å². The van der Waals surface area contributed by atoms with Crippen molar-refractivity contribution >= 4 is 11.8 Å². The third-order valence-electron chi connectivity index (χ3n) is 4.11. The van der Waals surface area contributed by atoms with Gasteiger partial charge in [-0.3, -0.25) is 4.90 Å². The van der Waals surface area contributed by atoms with Crippen molar-refractivity contribution in [1.82, 2.24) is 4.90 Å². The molecule has 0 spiro atoms. The Morgan fingerprint density at radius 1 is 1.44 bits per heavy atom. The molecule has 2 rings (SSSR count). The average Bonchev–Trinajstić information content (AvgIpc) is 2.64. The topological polar surface area (TPSA) is 29.3 Å². The van der Waals surface area contributed by atoms with Crippen LogP contribution >= 0.6 is 11.8 Å². The molecule has 2 nitrogen and oxygen atoms in total. The summed E-state index contributed by atoms with van der Waals surface area (Å²) in [6.45, 7) is 9.48. The van der Waals surface area contributed by atoms with Crippen molar-refractivity contribution in [3.05, 3.63) is 0 Å². The maximum absolute atomic E-state index is 6.01. The van der Waals surface area contributed by atoms with Gasteiger partial charge in [0.05, 0.1) is 0 Å². The summed E-state index contributed by atoms with van der Waals surface area (Å²) < 4.78 is 0. The molecule has 2 heterocycles. The van der Waals surface area contributed by atoms with Crippen LogP contribution in [-0.4, -0.2) is 41.6 Å². The zero-order valence-corrected chi connectivity index (χ0v) is 11.7. The summed E-state index contributed by atoms with van der Waals surface area (Å²) in [6.07, 6.45) is 2.67. The standard InChI is InChI=1S/C13H26N2S/c1-10(14)11-4-5-15(7-11)12-6-13(2,3)9-16-8-12/h10-12H,4-9,14H2,1-3H3. The van der Waals surface area contributed by atoms with Gasteiger partial charge in [-0.1, -0.05) is 13.8 Å². The second-order valence-corrected chi connectivity index (χ2v) is 7.47. The molecule has 3 heteroatoms. The number of likely N-dealkylation sites (tertiary alicyclic amines) is 1. The smallest absolute Gasteiger partial charge is 0.0191 e. The van der Waals surface area contributed by atoms with Crippen LogP contribution in [0.2, 0.25) is 0 Å². The molecule has 0 amide bonds. The van der Waals surface area contributed by atoms with E-state index in [2.05, 4.69) is 37.4 Å². The second kappa shape index (κ2) is 4.87. The first-order valence-corrected chi connectivity index (χ1v) is 7.71. The molecular weight excluding hydrogens is 216 g/mol. The van der Waals surface area contributed by atoms with Crippen LogP contribution in [0.5, 0.6) is 0 Å². The third-order valence-corrected chi connectivity index (χ3v) is 5.71. The third kappa shape index (κ3) is 2.93. The molecule has 3 unspecified atom stereocenters. The molecule has 2 N–H and O–H groups in total. The lowest BCUT2D eigenvalue weighted by molar-refractivity contribution is 0.184. The molecule has 2 aliphatic heterocycles. The van der Waals surface area contributed by atoms with E-state index in [1.165, 1.54) is 37.4 Å². The number of hydrogen-bond acceptors (Lipinski definition) is 3. The molecule has 0 radical (unpaired) electrons. The summed E-state index contributed by atoms with van der Waals surface area (Å²) in [4.78, 5) is 2.70. The normalized spacial score (nSPS) is 37.5. The molecule has 0 aromatic heterocycles. The fraction of sp³-hybridized carbons (Fsp3) is 1.00. The van der Waals surface area contributed by atoms with Gasteiger partial charge in [-0.25, -0.2) is 0 Å². The Labute approximate surface area is 104 Å². The number of nitrogens with two attached hydrogens (primary N) is 1. The first-order chi connectivity index (χ1) is 7.48.